The van der Waals surface area contributed by atoms with Crippen molar-refractivity contribution in [1.29, 1.82) is 0 Å². The molecule has 5 unspecified atom stereocenters. The van der Waals surface area contributed by atoms with E-state index in [1.165, 1.54) is 18.4 Å². The van der Waals surface area contributed by atoms with Crippen LogP contribution >= 0.6 is 0 Å². The first-order valence-electron chi connectivity index (χ1n) is 10.7. The van der Waals surface area contributed by atoms with E-state index in [4.69, 9.17) is 4.74 Å². The van der Waals surface area contributed by atoms with Gasteiger partial charge in [0.1, 0.15) is 0 Å². The lowest BCUT2D eigenvalue weighted by Crippen LogP contribution is -2.54. The molecule has 0 heterocycles. The van der Waals surface area contributed by atoms with Gasteiger partial charge in [0.05, 0.1) is 18.5 Å². The van der Waals surface area contributed by atoms with Crippen LogP contribution in [0.15, 0.2) is 23.5 Å². The maximum atomic E-state index is 11.5. The van der Waals surface area contributed by atoms with Crippen molar-refractivity contribution >= 4 is 0 Å². The molecule has 0 spiro atoms. The highest BCUT2D eigenvalue weighted by Crippen LogP contribution is 2.67. The van der Waals surface area contributed by atoms with E-state index >= 15 is 0 Å². The summed E-state index contributed by atoms with van der Waals surface area (Å²) in [5.74, 6) is 3.18. The zero-order chi connectivity index (χ0) is 18.6. The molecule has 2 saturated carbocycles. The van der Waals surface area contributed by atoms with E-state index in [-0.39, 0.29) is 17.4 Å². The highest BCUT2D eigenvalue weighted by Gasteiger charge is 2.63. The SMILES string of the molecule is COC1=CC2=CCC3C(CCC4(C)C3CC[C@@]4(O)CCCO)C2(C)CC1. The minimum absolute atomic E-state index is 0.0211. The smallest absolute Gasteiger partial charge is 0.0958 e. The summed E-state index contributed by atoms with van der Waals surface area (Å²) in [5.41, 5.74) is 1.22. The number of allylic oxidation sites excluding steroid dienone is 4. The molecule has 146 valence electrons. The fourth-order valence-electron chi connectivity index (χ4n) is 7.35. The molecule has 6 atom stereocenters. The number of rotatable bonds is 4. The van der Waals surface area contributed by atoms with Gasteiger partial charge in [-0.25, -0.2) is 0 Å². The molecular weight excluding hydrogens is 324 g/mol. The maximum Gasteiger partial charge on any atom is 0.0958 e. The van der Waals surface area contributed by atoms with Crippen molar-refractivity contribution in [3.8, 4) is 0 Å². The Hall–Kier alpha value is -0.800. The standard InChI is InChI=1S/C23H36O3/c1-21-11-7-17(26-3)15-16(21)5-6-18-19(21)8-12-22(2)20(18)9-13-23(22,25)10-4-14-24/h5,15,18-20,24-25H,4,6-14H2,1-3H3/t18?,19?,20?,21?,22?,23-/m0/s1. The third kappa shape index (κ3) is 2.46. The topological polar surface area (TPSA) is 49.7 Å². The van der Waals surface area contributed by atoms with Crippen molar-refractivity contribution < 1.29 is 14.9 Å². The van der Waals surface area contributed by atoms with Crippen molar-refractivity contribution in [2.45, 2.75) is 77.2 Å². The summed E-state index contributed by atoms with van der Waals surface area (Å²) in [6.07, 6.45) is 14.1. The summed E-state index contributed by atoms with van der Waals surface area (Å²) in [6.45, 7) is 5.02. The van der Waals surface area contributed by atoms with Crippen LogP contribution in [0.2, 0.25) is 0 Å². The molecule has 0 aliphatic heterocycles. The largest absolute Gasteiger partial charge is 0.501 e. The number of hydrogen-bond acceptors (Lipinski definition) is 3. The zero-order valence-electron chi connectivity index (χ0n) is 16.8. The Labute approximate surface area is 158 Å². The van der Waals surface area contributed by atoms with E-state index < -0.39 is 5.60 Å². The molecule has 3 nitrogen and oxygen atoms in total. The third-order valence-electron chi connectivity index (χ3n) is 9.06. The molecule has 0 aromatic heterocycles. The van der Waals surface area contributed by atoms with E-state index in [1.807, 2.05) is 0 Å². The third-order valence-corrected chi connectivity index (χ3v) is 9.06. The minimum atomic E-state index is -0.577. The van der Waals surface area contributed by atoms with Crippen LogP contribution in [0.5, 0.6) is 0 Å². The van der Waals surface area contributed by atoms with Crippen molar-refractivity contribution in [2.75, 3.05) is 13.7 Å². The summed E-state index contributed by atoms with van der Waals surface area (Å²) in [7, 11) is 1.79. The average Bonchev–Trinajstić information content (AvgIpc) is 2.91. The summed E-state index contributed by atoms with van der Waals surface area (Å²) in [4.78, 5) is 0. The Morgan fingerprint density at radius 3 is 2.65 bits per heavy atom. The molecular formula is C23H36O3. The first-order valence-corrected chi connectivity index (χ1v) is 10.7. The van der Waals surface area contributed by atoms with Crippen LogP contribution in [0.3, 0.4) is 0 Å². The van der Waals surface area contributed by atoms with Gasteiger partial charge < -0.3 is 14.9 Å². The molecule has 0 aromatic rings. The molecule has 3 heteroatoms. The zero-order valence-corrected chi connectivity index (χ0v) is 16.8. The van der Waals surface area contributed by atoms with E-state index in [1.54, 1.807) is 7.11 Å². The van der Waals surface area contributed by atoms with Gasteiger partial charge >= 0.3 is 0 Å². The predicted octanol–water partition coefficient (Wildman–Crippen LogP) is 4.59. The highest BCUT2D eigenvalue weighted by molar-refractivity contribution is 5.36. The lowest BCUT2D eigenvalue weighted by atomic mass is 9.47. The fourth-order valence-corrected chi connectivity index (χ4v) is 7.35. The molecule has 4 aliphatic rings. The van der Waals surface area contributed by atoms with Gasteiger partial charge in [0.2, 0.25) is 0 Å². The van der Waals surface area contributed by atoms with Gasteiger partial charge in [-0.2, -0.15) is 0 Å². The fraction of sp³-hybridized carbons (Fsp3) is 0.826. The maximum absolute atomic E-state index is 11.5. The lowest BCUT2D eigenvalue weighted by molar-refractivity contribution is -0.127. The van der Waals surface area contributed by atoms with Crippen LogP contribution in [0.4, 0.5) is 0 Å². The second kappa shape index (κ2) is 6.38. The number of methoxy groups -OCH3 is 1. The van der Waals surface area contributed by atoms with E-state index in [2.05, 4.69) is 26.0 Å². The molecule has 0 radical (unpaired) electrons. The van der Waals surface area contributed by atoms with Gasteiger partial charge in [0.15, 0.2) is 0 Å². The number of aliphatic hydroxyl groups is 2. The highest BCUT2D eigenvalue weighted by atomic mass is 16.5. The van der Waals surface area contributed by atoms with Crippen LogP contribution in [-0.2, 0) is 4.74 Å². The quantitative estimate of drug-likeness (QED) is 0.771. The summed E-state index contributed by atoms with van der Waals surface area (Å²) in [5, 5.41) is 20.8. The first kappa shape index (κ1) is 18.6. The van der Waals surface area contributed by atoms with Crippen LogP contribution in [0.25, 0.3) is 0 Å². The molecule has 2 N–H and O–H groups in total. The lowest BCUT2D eigenvalue weighted by Gasteiger charge is -2.58. The molecule has 0 bridgehead atoms. The van der Waals surface area contributed by atoms with Crippen LogP contribution in [0.1, 0.15) is 71.6 Å². The summed E-state index contributed by atoms with van der Waals surface area (Å²) >= 11 is 0. The van der Waals surface area contributed by atoms with Crippen LogP contribution in [0, 0.1) is 28.6 Å². The summed E-state index contributed by atoms with van der Waals surface area (Å²) < 4.78 is 5.54. The second-order valence-electron chi connectivity index (χ2n) is 9.86. The number of hydrogen-bond donors (Lipinski definition) is 2. The molecule has 4 rings (SSSR count). The van der Waals surface area contributed by atoms with Gasteiger partial charge in [-0.15, -0.1) is 0 Å². The summed E-state index contributed by atoms with van der Waals surface area (Å²) in [6, 6.07) is 0. The van der Waals surface area contributed by atoms with Crippen LogP contribution in [-0.4, -0.2) is 29.5 Å². The Bertz CT molecular complexity index is 623. The number of aliphatic hydroxyl groups excluding tert-OH is 1. The predicted molar refractivity (Wildman–Crippen MR) is 103 cm³/mol. The van der Waals surface area contributed by atoms with Gasteiger partial charge in [0, 0.05) is 13.0 Å². The molecule has 4 aliphatic carbocycles. The number of fused-ring (bicyclic) bond motifs is 5. The Kier molecular flexibility index (Phi) is 4.55. The van der Waals surface area contributed by atoms with Crippen molar-refractivity contribution in [2.24, 2.45) is 28.6 Å². The average molecular weight is 361 g/mol. The first-order chi connectivity index (χ1) is 12.4. The normalized spacial score (nSPS) is 47.3. The van der Waals surface area contributed by atoms with Crippen molar-refractivity contribution in [3.05, 3.63) is 23.5 Å². The Balaban J connectivity index is 1.63. The van der Waals surface area contributed by atoms with Gasteiger partial charge in [0.25, 0.3) is 0 Å². The van der Waals surface area contributed by atoms with Crippen molar-refractivity contribution in [1.82, 2.24) is 0 Å². The number of ether oxygens (including phenoxy) is 1. The Morgan fingerprint density at radius 1 is 1.15 bits per heavy atom. The monoisotopic (exact) mass is 360 g/mol. The molecule has 0 saturated heterocycles. The molecule has 2 fully saturated rings. The van der Waals surface area contributed by atoms with E-state index in [0.29, 0.717) is 11.8 Å². The van der Waals surface area contributed by atoms with Gasteiger partial charge in [-0.1, -0.05) is 19.9 Å². The second-order valence-corrected chi connectivity index (χ2v) is 9.86. The molecule has 0 aromatic carbocycles. The van der Waals surface area contributed by atoms with E-state index in [9.17, 15) is 10.2 Å². The van der Waals surface area contributed by atoms with Gasteiger partial charge in [-0.3, -0.25) is 0 Å². The van der Waals surface area contributed by atoms with Crippen molar-refractivity contribution in [3.63, 3.8) is 0 Å². The minimum Gasteiger partial charge on any atom is -0.501 e. The van der Waals surface area contributed by atoms with Gasteiger partial charge in [-0.05, 0) is 91.6 Å². The van der Waals surface area contributed by atoms with Crippen LogP contribution < -0.4 is 0 Å². The molecule has 0 amide bonds. The molecule has 26 heavy (non-hydrogen) atoms. The van der Waals surface area contributed by atoms with E-state index in [0.717, 1.165) is 56.6 Å². The Morgan fingerprint density at radius 2 is 1.92 bits per heavy atom.